The molecule has 0 spiro atoms. The van der Waals surface area contributed by atoms with Gasteiger partial charge in [0.2, 0.25) is 0 Å². The van der Waals surface area contributed by atoms with Crippen LogP contribution in [0.2, 0.25) is 0 Å². The molecule has 0 unspecified atom stereocenters. The van der Waals surface area contributed by atoms with E-state index in [9.17, 15) is 19.2 Å². The van der Waals surface area contributed by atoms with Crippen molar-refractivity contribution in [1.29, 1.82) is 0 Å². The molecule has 28 heavy (non-hydrogen) atoms. The summed E-state index contributed by atoms with van der Waals surface area (Å²) in [5.41, 5.74) is 0. The summed E-state index contributed by atoms with van der Waals surface area (Å²) >= 11 is 0. The van der Waals surface area contributed by atoms with Crippen LogP contribution in [-0.4, -0.2) is 95.1 Å². The zero-order chi connectivity index (χ0) is 22.3. The first-order chi connectivity index (χ1) is 13.1. The zero-order valence-electron chi connectivity index (χ0n) is 16.2. The topological polar surface area (TPSA) is 186 Å². The van der Waals surface area contributed by atoms with Gasteiger partial charge in [-0.1, -0.05) is 0 Å². The molecule has 4 N–H and O–H groups in total. The number of ether oxygens (including phenoxy) is 4. The van der Waals surface area contributed by atoms with Crippen LogP contribution in [0.1, 0.15) is 27.7 Å². The molecule has 0 fully saturated rings. The quantitative estimate of drug-likeness (QED) is 0.222. The van der Waals surface area contributed by atoms with Crippen LogP contribution in [0.25, 0.3) is 0 Å². The average Bonchev–Trinajstić information content (AvgIpc) is 2.66. The van der Waals surface area contributed by atoms with Gasteiger partial charge in [-0.3, -0.25) is 0 Å². The normalized spacial score (nSPS) is 14.3. The van der Waals surface area contributed by atoms with E-state index in [1.807, 2.05) is 0 Å². The van der Waals surface area contributed by atoms with Crippen LogP contribution in [0.3, 0.4) is 0 Å². The van der Waals surface area contributed by atoms with Crippen molar-refractivity contribution >= 4 is 23.9 Å². The summed E-state index contributed by atoms with van der Waals surface area (Å²) < 4.78 is 17.6. The molecule has 0 radical (unpaired) electrons. The molecule has 0 bridgehead atoms. The van der Waals surface area contributed by atoms with Crippen molar-refractivity contribution in [3.8, 4) is 0 Å². The lowest BCUT2D eigenvalue weighted by molar-refractivity contribution is -0.172. The van der Waals surface area contributed by atoms with Crippen molar-refractivity contribution in [1.82, 2.24) is 0 Å². The highest BCUT2D eigenvalue weighted by atomic mass is 16.6. The SMILES string of the molecule is CCOC(=O)[C@@H](O)[C@H](O)C(=O)OCC.CCOC(=O)[C@@H](O)[C@H](O)C(=O)OCC. The molecule has 0 saturated carbocycles. The summed E-state index contributed by atoms with van der Waals surface area (Å²) in [6, 6.07) is 0. The fourth-order valence-electron chi connectivity index (χ4n) is 1.43. The lowest BCUT2D eigenvalue weighted by Crippen LogP contribution is -2.41. The molecule has 0 aliphatic rings. The van der Waals surface area contributed by atoms with Crippen LogP contribution >= 0.6 is 0 Å². The molecule has 164 valence electrons. The van der Waals surface area contributed by atoms with Crippen LogP contribution in [0.5, 0.6) is 0 Å². The molecular formula is C16H28O12. The summed E-state index contributed by atoms with van der Waals surface area (Å²) in [7, 11) is 0. The maximum atomic E-state index is 10.9. The standard InChI is InChI=1S/2C8H14O6/c2*1-3-13-7(11)5(9)6(10)8(12)14-4-2/h2*5-6,9-10H,3-4H2,1-2H3/t2*5-,6-/m00/s1. The Balaban J connectivity index is 0. The van der Waals surface area contributed by atoms with E-state index in [-0.39, 0.29) is 26.4 Å². The highest BCUT2D eigenvalue weighted by Gasteiger charge is 2.33. The fourth-order valence-corrected chi connectivity index (χ4v) is 1.43. The molecule has 4 atom stereocenters. The van der Waals surface area contributed by atoms with E-state index in [1.54, 1.807) is 27.7 Å². The molecule has 0 rings (SSSR count). The molecule has 0 aliphatic carbocycles. The third-order valence-corrected chi connectivity index (χ3v) is 2.71. The monoisotopic (exact) mass is 412 g/mol. The molecule has 0 saturated heterocycles. The Hall–Kier alpha value is -2.28. The summed E-state index contributed by atoms with van der Waals surface area (Å²) in [5.74, 6) is -4.19. The number of carbonyl (C=O) groups is 4. The average molecular weight is 412 g/mol. The summed E-state index contributed by atoms with van der Waals surface area (Å²) in [6.07, 6.45) is -7.58. The van der Waals surface area contributed by atoms with Crippen molar-refractivity contribution in [2.24, 2.45) is 0 Å². The molecule has 12 heteroatoms. The Morgan fingerprint density at radius 3 is 0.750 bits per heavy atom. The van der Waals surface area contributed by atoms with Gasteiger partial charge in [0.15, 0.2) is 24.4 Å². The number of aliphatic hydroxyl groups is 4. The van der Waals surface area contributed by atoms with E-state index >= 15 is 0 Å². The van der Waals surface area contributed by atoms with Gasteiger partial charge in [-0.15, -0.1) is 0 Å². The summed E-state index contributed by atoms with van der Waals surface area (Å²) in [6.45, 7) is 6.42. The Morgan fingerprint density at radius 2 is 0.643 bits per heavy atom. The number of hydrogen-bond acceptors (Lipinski definition) is 12. The van der Waals surface area contributed by atoms with Gasteiger partial charge < -0.3 is 39.4 Å². The van der Waals surface area contributed by atoms with Crippen molar-refractivity contribution in [2.75, 3.05) is 26.4 Å². The second-order valence-electron chi connectivity index (χ2n) is 4.79. The molecule has 0 heterocycles. The summed E-state index contributed by atoms with van der Waals surface area (Å²) in [4.78, 5) is 43.4. The van der Waals surface area contributed by atoms with Crippen LogP contribution < -0.4 is 0 Å². The molecule has 0 aliphatic heterocycles. The van der Waals surface area contributed by atoms with Gasteiger partial charge in [-0.25, -0.2) is 19.2 Å². The predicted octanol–water partition coefficient (Wildman–Crippen LogP) is -2.33. The van der Waals surface area contributed by atoms with E-state index in [4.69, 9.17) is 20.4 Å². The first-order valence-electron chi connectivity index (χ1n) is 8.47. The maximum absolute atomic E-state index is 10.9. The second kappa shape index (κ2) is 15.7. The first kappa shape index (κ1) is 27.9. The third-order valence-electron chi connectivity index (χ3n) is 2.71. The van der Waals surface area contributed by atoms with Crippen LogP contribution in [0.4, 0.5) is 0 Å². The van der Waals surface area contributed by atoms with Gasteiger partial charge in [-0.05, 0) is 27.7 Å². The highest BCUT2D eigenvalue weighted by Crippen LogP contribution is 2.00. The first-order valence-corrected chi connectivity index (χ1v) is 8.47. The summed E-state index contributed by atoms with van der Waals surface area (Å²) in [5, 5.41) is 36.4. The van der Waals surface area contributed by atoms with E-state index in [0.29, 0.717) is 0 Å². The van der Waals surface area contributed by atoms with E-state index in [0.717, 1.165) is 0 Å². The zero-order valence-corrected chi connectivity index (χ0v) is 16.2. The lowest BCUT2D eigenvalue weighted by atomic mass is 10.2. The van der Waals surface area contributed by atoms with Gasteiger partial charge in [0.25, 0.3) is 0 Å². The molecule has 0 aromatic rings. The van der Waals surface area contributed by atoms with Crippen molar-refractivity contribution in [2.45, 2.75) is 52.1 Å². The van der Waals surface area contributed by atoms with Crippen molar-refractivity contribution < 1.29 is 58.6 Å². The van der Waals surface area contributed by atoms with Gasteiger partial charge >= 0.3 is 23.9 Å². The fraction of sp³-hybridized carbons (Fsp3) is 0.750. The Labute approximate surface area is 161 Å². The smallest absolute Gasteiger partial charge is 0.338 e. The van der Waals surface area contributed by atoms with E-state index in [2.05, 4.69) is 18.9 Å². The number of rotatable bonds is 10. The molecule has 0 aromatic carbocycles. The Bertz CT molecular complexity index is 404. The van der Waals surface area contributed by atoms with Gasteiger partial charge in [-0.2, -0.15) is 0 Å². The number of hydrogen-bond donors (Lipinski definition) is 4. The van der Waals surface area contributed by atoms with Gasteiger partial charge in [0.05, 0.1) is 26.4 Å². The lowest BCUT2D eigenvalue weighted by Gasteiger charge is -2.14. The highest BCUT2D eigenvalue weighted by molar-refractivity contribution is 5.85. The number of aliphatic hydroxyl groups excluding tert-OH is 4. The molecule has 12 nitrogen and oxygen atoms in total. The van der Waals surface area contributed by atoms with Gasteiger partial charge in [0, 0.05) is 0 Å². The second-order valence-corrected chi connectivity index (χ2v) is 4.79. The van der Waals surface area contributed by atoms with Gasteiger partial charge in [0.1, 0.15) is 0 Å². The van der Waals surface area contributed by atoms with Crippen LogP contribution in [-0.2, 0) is 38.1 Å². The number of carbonyl (C=O) groups excluding carboxylic acids is 4. The third kappa shape index (κ3) is 10.8. The largest absolute Gasteiger partial charge is 0.464 e. The minimum Gasteiger partial charge on any atom is -0.464 e. The van der Waals surface area contributed by atoms with Crippen LogP contribution in [0.15, 0.2) is 0 Å². The minimum absolute atomic E-state index is 0.0610. The predicted molar refractivity (Wildman–Crippen MR) is 90.6 cm³/mol. The Morgan fingerprint density at radius 1 is 0.500 bits per heavy atom. The van der Waals surface area contributed by atoms with E-state index < -0.39 is 48.3 Å². The molecule has 0 aromatic heterocycles. The van der Waals surface area contributed by atoms with Crippen LogP contribution in [0, 0.1) is 0 Å². The molecular weight excluding hydrogens is 384 g/mol. The van der Waals surface area contributed by atoms with Crippen molar-refractivity contribution in [3.63, 3.8) is 0 Å². The van der Waals surface area contributed by atoms with E-state index in [1.165, 1.54) is 0 Å². The Kier molecular flexibility index (Phi) is 15.7. The minimum atomic E-state index is -1.89. The molecule has 0 amide bonds. The maximum Gasteiger partial charge on any atom is 0.338 e. The van der Waals surface area contributed by atoms with Crippen molar-refractivity contribution in [3.05, 3.63) is 0 Å². The number of esters is 4.